The molecule has 2 rings (SSSR count). The molecule has 1 aliphatic rings. The molecule has 6 heteroatoms. The average Bonchev–Trinajstić information content (AvgIpc) is 2.49. The Balaban J connectivity index is 1.86. The summed E-state index contributed by atoms with van der Waals surface area (Å²) in [5, 5.41) is 5.01. The minimum Gasteiger partial charge on any atom is -0.368 e. The summed E-state index contributed by atoms with van der Waals surface area (Å²) in [7, 11) is 0. The van der Waals surface area contributed by atoms with Gasteiger partial charge in [0.05, 0.1) is 11.8 Å². The Morgan fingerprint density at radius 3 is 2.64 bits per heavy atom. The van der Waals surface area contributed by atoms with E-state index >= 15 is 0 Å². The standard InChI is InChI=1S/C16H21FN2O3/c1-11(20)18-15-9-12(7-8-14(15)17)19-16(21)10-22-13-5-3-2-4-6-13/h7-9,13H,2-6,10H2,1H3,(H,18,20)(H,19,21). The number of benzene rings is 1. The van der Waals surface area contributed by atoms with E-state index in [2.05, 4.69) is 10.6 Å². The van der Waals surface area contributed by atoms with Crippen LogP contribution in [0.25, 0.3) is 0 Å². The Bertz CT molecular complexity index is 542. The minimum absolute atomic E-state index is 0.0164. The highest BCUT2D eigenvalue weighted by molar-refractivity contribution is 5.94. The van der Waals surface area contributed by atoms with E-state index in [-0.39, 0.29) is 30.2 Å². The second-order valence-electron chi connectivity index (χ2n) is 5.50. The summed E-state index contributed by atoms with van der Waals surface area (Å²) in [5.74, 6) is -1.21. The van der Waals surface area contributed by atoms with Gasteiger partial charge in [-0.1, -0.05) is 19.3 Å². The maximum Gasteiger partial charge on any atom is 0.250 e. The number of nitrogens with one attached hydrogen (secondary N) is 2. The molecule has 0 aromatic heterocycles. The van der Waals surface area contributed by atoms with Crippen LogP contribution in [0.2, 0.25) is 0 Å². The number of halogens is 1. The van der Waals surface area contributed by atoms with E-state index < -0.39 is 5.82 Å². The molecule has 0 aliphatic heterocycles. The third kappa shape index (κ3) is 5.11. The second-order valence-corrected chi connectivity index (χ2v) is 5.50. The Hall–Kier alpha value is -1.95. The zero-order valence-corrected chi connectivity index (χ0v) is 12.7. The predicted octanol–water partition coefficient (Wildman–Crippen LogP) is 3.07. The van der Waals surface area contributed by atoms with E-state index in [1.165, 1.54) is 31.5 Å². The van der Waals surface area contributed by atoms with Crippen LogP contribution in [0.4, 0.5) is 15.8 Å². The van der Waals surface area contributed by atoms with Crippen molar-refractivity contribution in [3.63, 3.8) is 0 Å². The first-order chi connectivity index (χ1) is 10.5. The van der Waals surface area contributed by atoms with Gasteiger partial charge in [-0.05, 0) is 31.0 Å². The molecule has 1 aliphatic carbocycles. The second kappa shape index (κ2) is 7.89. The van der Waals surface area contributed by atoms with Gasteiger partial charge in [0.2, 0.25) is 11.8 Å². The van der Waals surface area contributed by atoms with Gasteiger partial charge in [-0.3, -0.25) is 9.59 Å². The van der Waals surface area contributed by atoms with Gasteiger partial charge in [-0.25, -0.2) is 4.39 Å². The van der Waals surface area contributed by atoms with Gasteiger partial charge >= 0.3 is 0 Å². The molecule has 0 heterocycles. The highest BCUT2D eigenvalue weighted by atomic mass is 19.1. The van der Waals surface area contributed by atoms with Crippen molar-refractivity contribution in [2.75, 3.05) is 17.2 Å². The summed E-state index contributed by atoms with van der Waals surface area (Å²) in [6.45, 7) is 1.28. The van der Waals surface area contributed by atoms with E-state index in [0.717, 1.165) is 25.7 Å². The van der Waals surface area contributed by atoms with Crippen molar-refractivity contribution in [1.29, 1.82) is 0 Å². The van der Waals surface area contributed by atoms with Crippen molar-refractivity contribution in [3.05, 3.63) is 24.0 Å². The van der Waals surface area contributed by atoms with Crippen molar-refractivity contribution >= 4 is 23.2 Å². The zero-order chi connectivity index (χ0) is 15.9. The molecule has 1 saturated carbocycles. The monoisotopic (exact) mass is 308 g/mol. The van der Waals surface area contributed by atoms with E-state index in [1.807, 2.05) is 0 Å². The molecular formula is C16H21FN2O3. The number of ether oxygens (including phenoxy) is 1. The van der Waals surface area contributed by atoms with Crippen molar-refractivity contribution in [1.82, 2.24) is 0 Å². The van der Waals surface area contributed by atoms with E-state index in [9.17, 15) is 14.0 Å². The molecule has 1 aromatic carbocycles. The normalized spacial score (nSPS) is 15.4. The van der Waals surface area contributed by atoms with Crippen LogP contribution in [0.1, 0.15) is 39.0 Å². The van der Waals surface area contributed by atoms with Crippen LogP contribution < -0.4 is 10.6 Å². The first kappa shape index (κ1) is 16.4. The van der Waals surface area contributed by atoms with Gasteiger partial charge in [0.1, 0.15) is 12.4 Å². The minimum atomic E-state index is -0.549. The molecule has 0 saturated heterocycles. The summed E-state index contributed by atoms with van der Waals surface area (Å²) in [4.78, 5) is 22.8. The molecular weight excluding hydrogens is 287 g/mol. The molecule has 0 atom stereocenters. The number of carbonyl (C=O) groups excluding carboxylic acids is 2. The van der Waals surface area contributed by atoms with Crippen molar-refractivity contribution < 1.29 is 18.7 Å². The van der Waals surface area contributed by atoms with Crippen LogP contribution >= 0.6 is 0 Å². The number of carbonyl (C=O) groups is 2. The van der Waals surface area contributed by atoms with Crippen LogP contribution in [0.5, 0.6) is 0 Å². The Labute approximate surface area is 129 Å². The van der Waals surface area contributed by atoms with Gasteiger partial charge in [0.25, 0.3) is 0 Å². The van der Waals surface area contributed by atoms with Crippen molar-refractivity contribution in [2.45, 2.75) is 45.1 Å². The number of anilines is 2. The number of amides is 2. The lowest BCUT2D eigenvalue weighted by Crippen LogP contribution is -2.24. The van der Waals surface area contributed by atoms with Gasteiger partial charge in [-0.2, -0.15) is 0 Å². The molecule has 1 aromatic rings. The molecule has 22 heavy (non-hydrogen) atoms. The van der Waals surface area contributed by atoms with E-state index in [0.29, 0.717) is 5.69 Å². The van der Waals surface area contributed by atoms with Gasteiger partial charge < -0.3 is 15.4 Å². The predicted molar refractivity (Wildman–Crippen MR) is 82.2 cm³/mol. The lowest BCUT2D eigenvalue weighted by atomic mass is 9.98. The van der Waals surface area contributed by atoms with Crippen LogP contribution in [0.15, 0.2) is 18.2 Å². The fraction of sp³-hybridized carbons (Fsp3) is 0.500. The largest absolute Gasteiger partial charge is 0.368 e. The molecule has 5 nitrogen and oxygen atoms in total. The summed E-state index contributed by atoms with van der Waals surface area (Å²) in [6, 6.07) is 4.03. The molecule has 1 fully saturated rings. The first-order valence-corrected chi connectivity index (χ1v) is 7.53. The lowest BCUT2D eigenvalue weighted by molar-refractivity contribution is -0.123. The Morgan fingerprint density at radius 1 is 1.23 bits per heavy atom. The zero-order valence-electron chi connectivity index (χ0n) is 12.7. The topological polar surface area (TPSA) is 67.4 Å². The summed E-state index contributed by atoms with van der Waals surface area (Å²) < 4.78 is 19.1. The average molecular weight is 308 g/mol. The van der Waals surface area contributed by atoms with Crippen molar-refractivity contribution in [3.8, 4) is 0 Å². The lowest BCUT2D eigenvalue weighted by Gasteiger charge is -2.21. The molecule has 120 valence electrons. The number of rotatable bonds is 5. The highest BCUT2D eigenvalue weighted by Crippen LogP contribution is 2.21. The fourth-order valence-corrected chi connectivity index (χ4v) is 2.51. The van der Waals surface area contributed by atoms with Crippen molar-refractivity contribution in [2.24, 2.45) is 0 Å². The smallest absolute Gasteiger partial charge is 0.250 e. The Morgan fingerprint density at radius 2 is 1.95 bits per heavy atom. The van der Waals surface area contributed by atoms with Crippen LogP contribution in [0, 0.1) is 5.82 Å². The summed E-state index contributed by atoms with van der Waals surface area (Å²) in [6.07, 6.45) is 5.66. The maximum absolute atomic E-state index is 13.5. The molecule has 0 spiro atoms. The number of hydrogen-bond donors (Lipinski definition) is 2. The molecule has 0 unspecified atom stereocenters. The Kier molecular flexibility index (Phi) is 5.89. The van der Waals surface area contributed by atoms with Crippen LogP contribution in [-0.2, 0) is 14.3 Å². The molecule has 2 amide bonds. The first-order valence-electron chi connectivity index (χ1n) is 7.53. The molecule has 2 N–H and O–H groups in total. The van der Waals surface area contributed by atoms with Gasteiger partial charge in [0.15, 0.2) is 0 Å². The van der Waals surface area contributed by atoms with E-state index in [4.69, 9.17) is 4.74 Å². The molecule has 0 bridgehead atoms. The van der Waals surface area contributed by atoms with E-state index in [1.54, 1.807) is 0 Å². The quantitative estimate of drug-likeness (QED) is 0.878. The van der Waals surface area contributed by atoms with Crippen LogP contribution in [0.3, 0.4) is 0 Å². The van der Waals surface area contributed by atoms with Gasteiger partial charge in [-0.15, -0.1) is 0 Å². The highest BCUT2D eigenvalue weighted by Gasteiger charge is 2.15. The molecule has 0 radical (unpaired) electrons. The third-order valence-corrected chi connectivity index (χ3v) is 3.56. The van der Waals surface area contributed by atoms with Gasteiger partial charge in [0, 0.05) is 12.6 Å². The van der Waals surface area contributed by atoms with Crippen LogP contribution in [-0.4, -0.2) is 24.5 Å². The maximum atomic E-state index is 13.5. The fourth-order valence-electron chi connectivity index (χ4n) is 2.51. The summed E-state index contributed by atoms with van der Waals surface area (Å²) in [5.41, 5.74) is 0.459. The number of hydrogen-bond acceptors (Lipinski definition) is 3. The third-order valence-electron chi connectivity index (χ3n) is 3.56. The SMILES string of the molecule is CC(=O)Nc1cc(NC(=O)COC2CCCCC2)ccc1F. The summed E-state index contributed by atoms with van der Waals surface area (Å²) >= 11 is 0.